The summed E-state index contributed by atoms with van der Waals surface area (Å²) in [5.74, 6) is 0.0922. The smallest absolute Gasteiger partial charge is 0.257 e. The lowest BCUT2D eigenvalue weighted by Gasteiger charge is -2.29. The number of hydrogen-bond acceptors (Lipinski definition) is 3. The number of benzene rings is 1. The Morgan fingerprint density at radius 2 is 2.15 bits per heavy atom. The molecule has 0 spiro atoms. The van der Waals surface area contributed by atoms with E-state index in [2.05, 4.69) is 4.98 Å². The average molecular weight is 289 g/mol. The van der Waals surface area contributed by atoms with Crippen molar-refractivity contribution in [1.82, 2.24) is 9.88 Å². The van der Waals surface area contributed by atoms with E-state index in [-0.39, 0.29) is 16.8 Å². The number of amides is 1. The van der Waals surface area contributed by atoms with Crippen LogP contribution in [0.4, 0.5) is 0 Å². The maximum Gasteiger partial charge on any atom is 0.257 e. The van der Waals surface area contributed by atoms with Gasteiger partial charge < -0.3 is 10.0 Å². The lowest BCUT2D eigenvalue weighted by Crippen LogP contribution is -2.36. The summed E-state index contributed by atoms with van der Waals surface area (Å²) in [7, 11) is 0. The maximum atomic E-state index is 12.5. The molecule has 0 saturated carbocycles. The molecule has 102 valence electrons. The summed E-state index contributed by atoms with van der Waals surface area (Å²) in [5.41, 5.74) is 2.56. The highest BCUT2D eigenvalue weighted by Crippen LogP contribution is 2.25. The second-order valence-electron chi connectivity index (χ2n) is 4.77. The third kappa shape index (κ3) is 2.34. The van der Waals surface area contributed by atoms with Gasteiger partial charge in [-0.05, 0) is 41.8 Å². The van der Waals surface area contributed by atoms with Crippen molar-refractivity contribution < 1.29 is 9.90 Å². The van der Waals surface area contributed by atoms with E-state index in [1.807, 2.05) is 6.07 Å². The van der Waals surface area contributed by atoms with E-state index >= 15 is 0 Å². The molecule has 0 aliphatic carbocycles. The van der Waals surface area contributed by atoms with Crippen molar-refractivity contribution in [2.24, 2.45) is 0 Å². The summed E-state index contributed by atoms with van der Waals surface area (Å²) in [5, 5.41) is 9.76. The van der Waals surface area contributed by atoms with Gasteiger partial charge in [0, 0.05) is 19.3 Å². The van der Waals surface area contributed by atoms with Gasteiger partial charge in [-0.15, -0.1) is 0 Å². The van der Waals surface area contributed by atoms with E-state index in [4.69, 9.17) is 11.6 Å². The third-order valence-electron chi connectivity index (χ3n) is 3.48. The minimum Gasteiger partial charge on any atom is -0.508 e. The van der Waals surface area contributed by atoms with Gasteiger partial charge in [-0.2, -0.15) is 0 Å². The molecular weight excluding hydrogens is 276 g/mol. The average Bonchev–Trinajstić information content (AvgIpc) is 2.46. The Hall–Kier alpha value is -2.07. The number of aromatic nitrogens is 1. The molecule has 0 atom stereocenters. The Bertz CT molecular complexity index is 673. The van der Waals surface area contributed by atoms with Crippen molar-refractivity contribution in [3.63, 3.8) is 0 Å². The molecule has 1 aliphatic rings. The van der Waals surface area contributed by atoms with Gasteiger partial charge >= 0.3 is 0 Å². The fourth-order valence-corrected chi connectivity index (χ4v) is 2.63. The van der Waals surface area contributed by atoms with Crippen LogP contribution in [0.15, 0.2) is 36.5 Å². The number of hydrogen-bond donors (Lipinski definition) is 1. The van der Waals surface area contributed by atoms with Gasteiger partial charge in [0.2, 0.25) is 0 Å². The summed E-state index contributed by atoms with van der Waals surface area (Å²) in [6.07, 6.45) is 2.34. The second-order valence-corrected chi connectivity index (χ2v) is 5.13. The molecule has 20 heavy (non-hydrogen) atoms. The summed E-state index contributed by atoms with van der Waals surface area (Å²) in [6, 6.07) is 8.66. The van der Waals surface area contributed by atoms with Crippen molar-refractivity contribution in [1.29, 1.82) is 0 Å². The summed E-state index contributed by atoms with van der Waals surface area (Å²) >= 11 is 5.97. The van der Waals surface area contributed by atoms with Crippen LogP contribution in [0.2, 0.25) is 5.15 Å². The molecule has 1 aromatic carbocycles. The van der Waals surface area contributed by atoms with Gasteiger partial charge in [-0.1, -0.05) is 17.7 Å². The monoisotopic (exact) mass is 288 g/mol. The minimum atomic E-state index is -0.128. The van der Waals surface area contributed by atoms with Crippen LogP contribution in [-0.2, 0) is 13.0 Å². The zero-order valence-electron chi connectivity index (χ0n) is 10.7. The molecule has 1 N–H and O–H groups in total. The van der Waals surface area contributed by atoms with Gasteiger partial charge in [-0.3, -0.25) is 4.79 Å². The summed E-state index contributed by atoms with van der Waals surface area (Å²) in [6.45, 7) is 1.12. The zero-order valence-corrected chi connectivity index (χ0v) is 11.5. The molecule has 2 heterocycles. The Labute approximate surface area is 121 Å². The molecule has 3 rings (SSSR count). The van der Waals surface area contributed by atoms with Gasteiger partial charge in [0.05, 0.1) is 5.56 Å². The highest BCUT2D eigenvalue weighted by Gasteiger charge is 2.23. The van der Waals surface area contributed by atoms with E-state index in [1.54, 1.807) is 35.4 Å². The molecule has 0 unspecified atom stereocenters. The molecule has 2 aromatic rings. The largest absolute Gasteiger partial charge is 0.508 e. The van der Waals surface area contributed by atoms with Crippen LogP contribution in [-0.4, -0.2) is 27.4 Å². The third-order valence-corrected chi connectivity index (χ3v) is 3.78. The molecule has 1 aromatic heterocycles. The van der Waals surface area contributed by atoms with Gasteiger partial charge in [-0.25, -0.2) is 4.98 Å². The molecule has 4 nitrogen and oxygen atoms in total. The van der Waals surface area contributed by atoms with Crippen LogP contribution < -0.4 is 0 Å². The summed E-state index contributed by atoms with van der Waals surface area (Å²) < 4.78 is 0. The SMILES string of the molecule is O=C(c1cccnc1Cl)N1CCc2ccc(O)cc2C1. The predicted molar refractivity (Wildman–Crippen MR) is 75.8 cm³/mol. The number of pyridine rings is 1. The molecule has 1 amide bonds. The lowest BCUT2D eigenvalue weighted by molar-refractivity contribution is 0.0734. The fraction of sp³-hybridized carbons (Fsp3) is 0.200. The highest BCUT2D eigenvalue weighted by molar-refractivity contribution is 6.32. The van der Waals surface area contributed by atoms with Crippen molar-refractivity contribution in [2.45, 2.75) is 13.0 Å². The van der Waals surface area contributed by atoms with Gasteiger partial charge in [0.15, 0.2) is 0 Å². The van der Waals surface area contributed by atoms with E-state index < -0.39 is 0 Å². The first kappa shape index (κ1) is 12.9. The number of phenolic OH excluding ortho intramolecular Hbond substituents is 1. The van der Waals surface area contributed by atoms with E-state index in [0.717, 1.165) is 12.0 Å². The Balaban J connectivity index is 1.87. The van der Waals surface area contributed by atoms with Crippen LogP contribution in [0.5, 0.6) is 5.75 Å². The standard InChI is InChI=1S/C15H13ClN2O2/c16-14-13(2-1-6-17-14)15(20)18-7-5-10-3-4-12(19)8-11(10)9-18/h1-4,6,8,19H,5,7,9H2. The van der Waals surface area contributed by atoms with Crippen molar-refractivity contribution in [3.05, 3.63) is 58.4 Å². The molecule has 1 aliphatic heterocycles. The van der Waals surface area contributed by atoms with E-state index in [0.29, 0.717) is 18.7 Å². The molecule has 0 bridgehead atoms. The zero-order chi connectivity index (χ0) is 14.1. The van der Waals surface area contributed by atoms with Crippen LogP contribution in [0.3, 0.4) is 0 Å². The first-order valence-electron chi connectivity index (χ1n) is 6.36. The number of rotatable bonds is 1. The number of halogens is 1. The normalized spacial score (nSPS) is 13.9. The number of fused-ring (bicyclic) bond motifs is 1. The van der Waals surface area contributed by atoms with Crippen LogP contribution in [0.1, 0.15) is 21.5 Å². The number of phenols is 1. The van der Waals surface area contributed by atoms with Crippen molar-refractivity contribution in [2.75, 3.05) is 6.54 Å². The maximum absolute atomic E-state index is 12.5. The topological polar surface area (TPSA) is 53.4 Å². The Kier molecular flexibility index (Phi) is 3.32. The number of nitrogens with zero attached hydrogens (tertiary/aromatic N) is 2. The molecule has 0 fully saturated rings. The second kappa shape index (κ2) is 5.13. The van der Waals surface area contributed by atoms with Crippen LogP contribution in [0, 0.1) is 0 Å². The van der Waals surface area contributed by atoms with E-state index in [9.17, 15) is 9.90 Å². The van der Waals surface area contributed by atoms with Crippen LogP contribution in [0.25, 0.3) is 0 Å². The summed E-state index contributed by atoms with van der Waals surface area (Å²) in [4.78, 5) is 18.1. The highest BCUT2D eigenvalue weighted by atomic mass is 35.5. The molecule has 5 heteroatoms. The first-order chi connectivity index (χ1) is 9.65. The van der Waals surface area contributed by atoms with Crippen LogP contribution >= 0.6 is 11.6 Å². The number of carbonyl (C=O) groups is 1. The molecular formula is C15H13ClN2O2. The van der Waals surface area contributed by atoms with Gasteiger partial charge in [0.1, 0.15) is 10.9 Å². The first-order valence-corrected chi connectivity index (χ1v) is 6.73. The number of carbonyl (C=O) groups excluding carboxylic acids is 1. The molecule has 0 radical (unpaired) electrons. The molecule has 0 saturated heterocycles. The quantitative estimate of drug-likeness (QED) is 0.821. The Morgan fingerprint density at radius 1 is 1.30 bits per heavy atom. The van der Waals surface area contributed by atoms with Gasteiger partial charge in [0.25, 0.3) is 5.91 Å². The minimum absolute atomic E-state index is 0.128. The fourth-order valence-electron chi connectivity index (χ4n) is 2.43. The van der Waals surface area contributed by atoms with Crippen molar-refractivity contribution >= 4 is 17.5 Å². The Morgan fingerprint density at radius 3 is 2.95 bits per heavy atom. The lowest BCUT2D eigenvalue weighted by atomic mass is 9.99. The van der Waals surface area contributed by atoms with Crippen molar-refractivity contribution in [3.8, 4) is 5.75 Å². The predicted octanol–water partition coefficient (Wildman–Crippen LogP) is 2.64. The number of aromatic hydroxyl groups is 1. The van der Waals surface area contributed by atoms with E-state index in [1.165, 1.54) is 5.56 Å².